The molecule has 1 aromatic heterocycles. The first kappa shape index (κ1) is 43.6. The molecule has 0 spiro atoms. The standard InChI is InChI=1S/C30H39ClN6O3.C4H10O.2C2H6/c1-6-34(3)29-21(2)15-22(16-26(27-18-32-19-35(27)4)33-28(39)9-14-40-5)25-17-23(31)7-8-24(25)30(29)37-12-10-36(20-38)11-13-37;1-4(2)5-3;2*1-2/h6-8,15,17-20,26,29-30H,1-2,9-14,16H2,3-5H3,(H,33,39);4H,1-3H3;2*1-2H3/t26-,29?,30+;;;/m1.../s1. The van der Waals surface area contributed by atoms with E-state index in [2.05, 4.69) is 45.4 Å². The normalized spacial score (nSPS) is 17.8. The van der Waals surface area contributed by atoms with Crippen molar-refractivity contribution in [2.45, 2.75) is 78.6 Å². The number of aryl methyl sites for hydroxylation is 1. The van der Waals surface area contributed by atoms with Gasteiger partial charge in [0.05, 0.1) is 49.1 Å². The Kier molecular flexibility index (Phi) is 20.5. The summed E-state index contributed by atoms with van der Waals surface area (Å²) in [5, 5.41) is 3.83. The second-order valence-corrected chi connectivity index (χ2v) is 12.1. The molecule has 0 bridgehead atoms. The molecule has 1 aliphatic heterocycles. The lowest BCUT2D eigenvalue weighted by atomic mass is 9.89. The minimum atomic E-state index is -0.328. The van der Waals surface area contributed by atoms with E-state index in [0.29, 0.717) is 37.2 Å². The number of benzene rings is 1. The Balaban J connectivity index is 0.00000120. The van der Waals surface area contributed by atoms with Gasteiger partial charge in [-0.3, -0.25) is 14.5 Å². The SMILES string of the molecule is C=CN(C)C1C(=C)C=C(C[C@@H](NC(=O)CCOC)c2cncn2C)c2cc(Cl)ccc2[C@@H]1N1CCN(C=O)CC1.CC.CC.COC(C)C. The zero-order valence-electron chi connectivity index (χ0n) is 31.5. The van der Waals surface area contributed by atoms with Gasteiger partial charge >= 0.3 is 0 Å². The number of ether oxygens (including phenoxy) is 2. The molecule has 4 rings (SSSR count). The second-order valence-electron chi connectivity index (χ2n) is 11.7. The molecular weight excluding hydrogens is 640 g/mol. The lowest BCUT2D eigenvalue weighted by Gasteiger charge is -2.44. The number of methoxy groups -OCH3 is 2. The fourth-order valence-corrected chi connectivity index (χ4v) is 5.89. The van der Waals surface area contributed by atoms with Crippen LogP contribution in [0.15, 0.2) is 61.7 Å². The summed E-state index contributed by atoms with van der Waals surface area (Å²) >= 11 is 6.60. The number of nitrogens with zero attached hydrogens (tertiary/aromatic N) is 5. The molecule has 1 saturated heterocycles. The van der Waals surface area contributed by atoms with Gasteiger partial charge in [0.2, 0.25) is 12.3 Å². The Morgan fingerprint density at radius 3 is 2.31 bits per heavy atom. The summed E-state index contributed by atoms with van der Waals surface area (Å²) in [7, 11) is 7.22. The molecule has 274 valence electrons. The first-order chi connectivity index (χ1) is 23.5. The molecule has 11 heteroatoms. The van der Waals surface area contributed by atoms with Crippen LogP contribution >= 0.6 is 11.6 Å². The number of nitrogens with one attached hydrogen (secondary N) is 1. The molecule has 49 heavy (non-hydrogen) atoms. The molecule has 0 radical (unpaired) electrons. The molecule has 2 aromatic rings. The van der Waals surface area contributed by atoms with Crippen molar-refractivity contribution in [3.8, 4) is 0 Å². The Hall–Kier alpha value is -3.44. The van der Waals surface area contributed by atoms with Crippen molar-refractivity contribution in [2.75, 3.05) is 54.1 Å². The molecule has 2 aliphatic rings. The van der Waals surface area contributed by atoms with E-state index in [9.17, 15) is 9.59 Å². The van der Waals surface area contributed by atoms with Crippen LogP contribution in [0.4, 0.5) is 0 Å². The quantitative estimate of drug-likeness (QED) is 0.248. The van der Waals surface area contributed by atoms with E-state index < -0.39 is 0 Å². The number of halogens is 1. The largest absolute Gasteiger partial charge is 0.384 e. The van der Waals surface area contributed by atoms with E-state index in [1.165, 1.54) is 0 Å². The Morgan fingerprint density at radius 1 is 1.16 bits per heavy atom. The monoisotopic (exact) mass is 700 g/mol. The van der Waals surface area contributed by atoms with Gasteiger partial charge in [0.1, 0.15) is 0 Å². The molecule has 1 unspecified atom stereocenters. The Bertz CT molecular complexity index is 1340. The van der Waals surface area contributed by atoms with Crippen LogP contribution in [-0.4, -0.2) is 103 Å². The van der Waals surface area contributed by atoms with Gasteiger partial charge in [0, 0.05) is 65.9 Å². The smallest absolute Gasteiger partial charge is 0.222 e. The van der Waals surface area contributed by atoms with Crippen molar-refractivity contribution >= 4 is 29.5 Å². The van der Waals surface area contributed by atoms with Crippen LogP contribution in [-0.2, 0) is 26.1 Å². The van der Waals surface area contributed by atoms with Gasteiger partial charge in [-0.1, -0.05) is 64.6 Å². The number of likely N-dealkylation sites (N-methyl/N-ethyl adjacent to an activating group) is 1. The maximum absolute atomic E-state index is 12.9. The molecule has 0 saturated carbocycles. The summed E-state index contributed by atoms with van der Waals surface area (Å²) in [4.78, 5) is 34.9. The lowest BCUT2D eigenvalue weighted by molar-refractivity contribution is -0.122. The Morgan fingerprint density at radius 2 is 1.80 bits per heavy atom. The molecule has 1 N–H and O–H groups in total. The van der Waals surface area contributed by atoms with E-state index in [4.69, 9.17) is 21.1 Å². The van der Waals surface area contributed by atoms with E-state index in [0.717, 1.165) is 47.5 Å². The van der Waals surface area contributed by atoms with Gasteiger partial charge in [-0.15, -0.1) is 0 Å². The first-order valence-electron chi connectivity index (χ1n) is 17.3. The average molecular weight is 701 g/mol. The van der Waals surface area contributed by atoms with Gasteiger partial charge in [0.15, 0.2) is 0 Å². The number of hydrogen-bond donors (Lipinski definition) is 1. The van der Waals surface area contributed by atoms with Crippen LogP contribution in [0.2, 0.25) is 5.02 Å². The number of imidazole rings is 1. The second kappa shape index (κ2) is 23.1. The molecule has 1 aromatic carbocycles. The summed E-state index contributed by atoms with van der Waals surface area (Å²) in [5.41, 5.74) is 5.00. The number of piperazine rings is 1. The molecule has 1 fully saturated rings. The van der Waals surface area contributed by atoms with E-state index in [1.54, 1.807) is 26.7 Å². The van der Waals surface area contributed by atoms with Crippen molar-refractivity contribution in [3.63, 3.8) is 0 Å². The number of amides is 2. The van der Waals surface area contributed by atoms with Crippen molar-refractivity contribution in [3.05, 3.63) is 83.6 Å². The van der Waals surface area contributed by atoms with Crippen molar-refractivity contribution in [1.82, 2.24) is 29.6 Å². The summed E-state index contributed by atoms with van der Waals surface area (Å²) < 4.78 is 11.8. The van der Waals surface area contributed by atoms with Gasteiger partial charge in [-0.25, -0.2) is 4.98 Å². The zero-order chi connectivity index (χ0) is 37.1. The molecule has 2 heterocycles. The topological polar surface area (TPSA) is 92.2 Å². The summed E-state index contributed by atoms with van der Waals surface area (Å²) in [6.45, 7) is 23.7. The van der Waals surface area contributed by atoms with Gasteiger partial charge in [-0.2, -0.15) is 0 Å². The Labute approximate surface area is 300 Å². The van der Waals surface area contributed by atoms with Crippen LogP contribution in [0, 0.1) is 0 Å². The van der Waals surface area contributed by atoms with Gasteiger partial charge in [0.25, 0.3) is 0 Å². The van der Waals surface area contributed by atoms with Crippen LogP contribution in [0.1, 0.15) is 83.3 Å². The predicted octanol–water partition coefficient (Wildman–Crippen LogP) is 6.66. The van der Waals surface area contributed by atoms with Crippen LogP contribution < -0.4 is 5.32 Å². The zero-order valence-corrected chi connectivity index (χ0v) is 32.3. The number of hydrogen-bond acceptors (Lipinski definition) is 7. The minimum absolute atomic E-state index is 0.0447. The maximum Gasteiger partial charge on any atom is 0.222 e. The van der Waals surface area contributed by atoms with Crippen molar-refractivity contribution in [2.24, 2.45) is 7.05 Å². The predicted molar refractivity (Wildman–Crippen MR) is 202 cm³/mol. The lowest BCUT2D eigenvalue weighted by Crippen LogP contribution is -2.51. The van der Waals surface area contributed by atoms with E-state index in [-0.39, 0.29) is 30.5 Å². The fourth-order valence-electron chi connectivity index (χ4n) is 5.72. The number of carbonyl (C=O) groups excluding carboxylic acids is 2. The average Bonchev–Trinajstić information content (AvgIpc) is 3.51. The third-order valence-electron chi connectivity index (χ3n) is 8.31. The maximum atomic E-state index is 12.9. The minimum Gasteiger partial charge on any atom is -0.384 e. The van der Waals surface area contributed by atoms with Crippen molar-refractivity contribution < 1.29 is 19.1 Å². The third-order valence-corrected chi connectivity index (χ3v) is 8.55. The van der Waals surface area contributed by atoms with Crippen LogP contribution in [0.25, 0.3) is 5.57 Å². The highest BCUT2D eigenvalue weighted by atomic mass is 35.5. The summed E-state index contributed by atoms with van der Waals surface area (Å²) in [6, 6.07) is 5.57. The summed E-state index contributed by atoms with van der Waals surface area (Å²) in [5.74, 6) is -0.0948. The summed E-state index contributed by atoms with van der Waals surface area (Å²) in [6.07, 6.45) is 9.56. The highest BCUT2D eigenvalue weighted by Crippen LogP contribution is 2.43. The first-order valence-corrected chi connectivity index (χ1v) is 17.7. The highest BCUT2D eigenvalue weighted by Gasteiger charge is 2.38. The molecule has 2 amide bonds. The highest BCUT2D eigenvalue weighted by molar-refractivity contribution is 6.30. The number of carbonyl (C=O) groups is 2. The number of fused-ring (bicyclic) bond motifs is 1. The third kappa shape index (κ3) is 12.8. The van der Waals surface area contributed by atoms with Crippen molar-refractivity contribution in [1.29, 1.82) is 0 Å². The molecule has 1 aliphatic carbocycles. The van der Waals surface area contributed by atoms with Crippen LogP contribution in [0.3, 0.4) is 0 Å². The number of rotatable bonds is 12. The van der Waals surface area contributed by atoms with Gasteiger partial charge < -0.3 is 29.2 Å². The van der Waals surface area contributed by atoms with E-state index >= 15 is 0 Å². The van der Waals surface area contributed by atoms with E-state index in [1.807, 2.05) is 83.4 Å². The van der Waals surface area contributed by atoms with Crippen LogP contribution in [0.5, 0.6) is 0 Å². The van der Waals surface area contributed by atoms with Gasteiger partial charge in [-0.05, 0) is 60.9 Å². The fraction of sp³-hybridized carbons (Fsp3) is 0.553. The molecule has 10 nitrogen and oxygen atoms in total. The molecule has 3 atom stereocenters. The number of aromatic nitrogens is 2. The molecular formula is C38H61ClN6O4.